The smallest absolute Gasteiger partial charge is 0.317 e. The summed E-state index contributed by atoms with van der Waals surface area (Å²) in [5, 5.41) is 5.61. The van der Waals surface area contributed by atoms with Crippen molar-refractivity contribution in [3.63, 3.8) is 0 Å². The Balaban J connectivity index is 1.62. The van der Waals surface area contributed by atoms with Gasteiger partial charge in [-0.15, -0.1) is 11.3 Å². The van der Waals surface area contributed by atoms with Crippen LogP contribution in [0.25, 0.3) is 0 Å². The van der Waals surface area contributed by atoms with Crippen LogP contribution in [0.5, 0.6) is 0 Å². The van der Waals surface area contributed by atoms with Gasteiger partial charge in [-0.05, 0) is 24.6 Å². The van der Waals surface area contributed by atoms with E-state index >= 15 is 0 Å². The summed E-state index contributed by atoms with van der Waals surface area (Å²) in [4.78, 5) is 27.8. The minimum absolute atomic E-state index is 0.0436. The lowest BCUT2D eigenvalue weighted by Crippen LogP contribution is -2.41. The predicted molar refractivity (Wildman–Crippen MR) is 97.1 cm³/mol. The number of rotatable bonds is 7. The zero-order chi connectivity index (χ0) is 17.4. The van der Waals surface area contributed by atoms with Crippen molar-refractivity contribution >= 4 is 23.3 Å². The summed E-state index contributed by atoms with van der Waals surface area (Å²) < 4.78 is 0. The zero-order valence-electron chi connectivity index (χ0n) is 14.0. The highest BCUT2D eigenvalue weighted by Crippen LogP contribution is 2.16. The zero-order valence-corrected chi connectivity index (χ0v) is 14.9. The largest absolute Gasteiger partial charge is 0.354 e. The first-order valence-corrected chi connectivity index (χ1v) is 8.71. The highest BCUT2D eigenvalue weighted by molar-refractivity contribution is 7.11. The van der Waals surface area contributed by atoms with E-state index in [2.05, 4.69) is 10.6 Å². The number of hydrogen-bond donors (Lipinski definition) is 2. The monoisotopic (exact) mass is 345 g/mol. The van der Waals surface area contributed by atoms with Gasteiger partial charge in [0.2, 0.25) is 5.91 Å². The summed E-state index contributed by atoms with van der Waals surface area (Å²) in [6, 6.07) is 13.5. The van der Waals surface area contributed by atoms with Crippen LogP contribution >= 0.6 is 11.3 Å². The summed E-state index contributed by atoms with van der Waals surface area (Å²) in [6.45, 7) is 3.47. The van der Waals surface area contributed by atoms with E-state index in [1.807, 2.05) is 49.4 Å². The van der Waals surface area contributed by atoms with E-state index in [1.165, 1.54) is 4.88 Å². The fourth-order valence-electron chi connectivity index (χ4n) is 2.23. The molecule has 2 rings (SSSR count). The van der Waals surface area contributed by atoms with Crippen molar-refractivity contribution in [3.8, 4) is 0 Å². The average molecular weight is 345 g/mol. The molecule has 0 atom stereocenters. The lowest BCUT2D eigenvalue weighted by molar-refractivity contribution is -0.120. The third-order valence-corrected chi connectivity index (χ3v) is 4.45. The van der Waals surface area contributed by atoms with E-state index in [1.54, 1.807) is 23.3 Å². The molecule has 0 aliphatic heterocycles. The molecule has 6 heteroatoms. The molecule has 5 nitrogen and oxygen atoms in total. The third-order valence-electron chi connectivity index (χ3n) is 3.47. The normalized spacial score (nSPS) is 10.2. The van der Waals surface area contributed by atoms with Crippen LogP contribution in [-0.4, -0.2) is 37.0 Å². The van der Waals surface area contributed by atoms with Gasteiger partial charge >= 0.3 is 6.03 Å². The molecular weight excluding hydrogens is 322 g/mol. The molecule has 0 radical (unpaired) electrons. The molecule has 1 aromatic carbocycles. The lowest BCUT2D eigenvalue weighted by atomic mass is 10.1. The molecule has 24 heavy (non-hydrogen) atoms. The Kier molecular flexibility index (Phi) is 6.81. The van der Waals surface area contributed by atoms with E-state index in [-0.39, 0.29) is 11.9 Å². The highest BCUT2D eigenvalue weighted by Gasteiger charge is 2.09. The van der Waals surface area contributed by atoms with Crippen molar-refractivity contribution in [2.45, 2.75) is 19.9 Å². The predicted octanol–water partition coefficient (Wildman–Crippen LogP) is 2.56. The molecule has 1 aromatic heterocycles. The first-order chi connectivity index (χ1) is 11.5. The molecule has 0 bridgehead atoms. The fraction of sp³-hybridized carbons (Fsp3) is 0.333. The number of carbonyl (C=O) groups excluding carboxylic acids is 2. The molecule has 0 fully saturated rings. The fourth-order valence-corrected chi connectivity index (χ4v) is 3.17. The summed E-state index contributed by atoms with van der Waals surface area (Å²) in [6.07, 6.45) is 0.354. The maximum absolute atomic E-state index is 12.0. The van der Waals surface area contributed by atoms with Crippen molar-refractivity contribution < 1.29 is 9.59 Å². The summed E-state index contributed by atoms with van der Waals surface area (Å²) >= 11 is 1.69. The van der Waals surface area contributed by atoms with Crippen molar-refractivity contribution in [2.75, 3.05) is 20.1 Å². The van der Waals surface area contributed by atoms with Gasteiger partial charge in [0.15, 0.2) is 0 Å². The molecule has 1 heterocycles. The molecule has 128 valence electrons. The van der Waals surface area contributed by atoms with Crippen molar-refractivity contribution in [3.05, 3.63) is 57.8 Å². The number of urea groups is 1. The lowest BCUT2D eigenvalue weighted by Gasteiger charge is -2.17. The molecule has 0 saturated carbocycles. The Hall–Kier alpha value is -2.34. The number of nitrogens with zero attached hydrogens (tertiary/aromatic N) is 1. The van der Waals surface area contributed by atoms with E-state index in [0.717, 1.165) is 10.4 Å². The second-order valence-electron chi connectivity index (χ2n) is 5.61. The Labute approximate surface area is 146 Å². The van der Waals surface area contributed by atoms with Gasteiger partial charge in [0.05, 0.1) is 13.0 Å². The molecule has 3 amide bonds. The molecule has 0 unspecified atom stereocenters. The molecule has 0 aliphatic rings. The number of benzene rings is 1. The Morgan fingerprint density at radius 1 is 1.04 bits per heavy atom. The molecule has 0 aliphatic carbocycles. The first kappa shape index (κ1) is 18.0. The number of amides is 3. The van der Waals surface area contributed by atoms with Gasteiger partial charge in [0.25, 0.3) is 0 Å². The second-order valence-corrected chi connectivity index (χ2v) is 6.99. The molecule has 0 saturated heterocycles. The van der Waals surface area contributed by atoms with Crippen LogP contribution in [0.2, 0.25) is 0 Å². The summed E-state index contributed by atoms with van der Waals surface area (Å²) in [7, 11) is 1.76. The summed E-state index contributed by atoms with van der Waals surface area (Å²) in [5.74, 6) is -0.0436. The second kappa shape index (κ2) is 9.08. The van der Waals surface area contributed by atoms with Gasteiger partial charge in [-0.3, -0.25) is 4.79 Å². The third kappa shape index (κ3) is 6.04. The van der Waals surface area contributed by atoms with Crippen molar-refractivity contribution in [2.24, 2.45) is 0 Å². The number of aryl methyl sites for hydroxylation is 1. The topological polar surface area (TPSA) is 61.4 Å². The Morgan fingerprint density at radius 3 is 2.42 bits per heavy atom. The van der Waals surface area contributed by atoms with E-state index < -0.39 is 0 Å². The van der Waals surface area contributed by atoms with E-state index in [9.17, 15) is 9.59 Å². The van der Waals surface area contributed by atoms with Gasteiger partial charge in [-0.25, -0.2) is 4.79 Å². The molecule has 2 aromatic rings. The Bertz CT molecular complexity index is 670. The number of carbonyl (C=O) groups is 2. The standard InChI is InChI=1S/C18H23N3O2S/c1-14-8-9-16(24-14)13-21(2)18(23)20-11-10-19-17(22)12-15-6-4-3-5-7-15/h3-9H,10-13H2,1-2H3,(H,19,22)(H,20,23). The van der Waals surface area contributed by atoms with Crippen LogP contribution in [0, 0.1) is 6.92 Å². The van der Waals surface area contributed by atoms with Crippen LogP contribution in [0.4, 0.5) is 4.79 Å². The van der Waals surface area contributed by atoms with Crippen molar-refractivity contribution in [1.82, 2.24) is 15.5 Å². The number of thiophene rings is 1. The van der Waals surface area contributed by atoms with E-state index in [0.29, 0.717) is 26.1 Å². The van der Waals surface area contributed by atoms with Gasteiger partial charge in [-0.1, -0.05) is 30.3 Å². The van der Waals surface area contributed by atoms with Gasteiger partial charge in [-0.2, -0.15) is 0 Å². The van der Waals surface area contributed by atoms with Crippen LogP contribution in [0.1, 0.15) is 15.3 Å². The minimum atomic E-state index is -0.140. The molecule has 0 spiro atoms. The minimum Gasteiger partial charge on any atom is -0.354 e. The maximum Gasteiger partial charge on any atom is 0.317 e. The quantitative estimate of drug-likeness (QED) is 0.758. The first-order valence-electron chi connectivity index (χ1n) is 7.89. The molecular formula is C18H23N3O2S. The van der Waals surface area contributed by atoms with Gasteiger partial charge < -0.3 is 15.5 Å². The SMILES string of the molecule is Cc1ccc(CN(C)C(=O)NCCNC(=O)Cc2ccccc2)s1. The average Bonchev–Trinajstić information content (AvgIpc) is 2.97. The van der Waals surface area contributed by atoms with Crippen molar-refractivity contribution in [1.29, 1.82) is 0 Å². The molecule has 2 N–H and O–H groups in total. The highest BCUT2D eigenvalue weighted by atomic mass is 32.1. The van der Waals surface area contributed by atoms with Gasteiger partial charge in [0, 0.05) is 29.9 Å². The van der Waals surface area contributed by atoms with Crippen LogP contribution in [-0.2, 0) is 17.8 Å². The van der Waals surface area contributed by atoms with Crippen LogP contribution in [0.15, 0.2) is 42.5 Å². The van der Waals surface area contributed by atoms with Crippen LogP contribution < -0.4 is 10.6 Å². The van der Waals surface area contributed by atoms with Gasteiger partial charge in [0.1, 0.15) is 0 Å². The maximum atomic E-state index is 12.0. The number of hydrogen-bond acceptors (Lipinski definition) is 3. The number of nitrogens with one attached hydrogen (secondary N) is 2. The summed E-state index contributed by atoms with van der Waals surface area (Å²) in [5.41, 5.74) is 0.977. The van der Waals surface area contributed by atoms with E-state index in [4.69, 9.17) is 0 Å². The van der Waals surface area contributed by atoms with Crippen LogP contribution in [0.3, 0.4) is 0 Å². The Morgan fingerprint density at radius 2 is 1.75 bits per heavy atom.